The molecule has 5 nitrogen and oxygen atoms in total. The topological polar surface area (TPSA) is 49.9 Å². The number of carbonyl (C=O) groups excluding carboxylic acids is 2. The van der Waals surface area contributed by atoms with Crippen LogP contribution >= 0.6 is 0 Å². The fraction of sp³-hybridized carbons (Fsp3) is 0.857. The van der Waals surface area contributed by atoms with E-state index in [1.807, 2.05) is 20.8 Å². The summed E-state index contributed by atoms with van der Waals surface area (Å²) in [4.78, 5) is 28.5. The van der Waals surface area contributed by atoms with Crippen LogP contribution in [0.2, 0.25) is 0 Å². The molecular weight excluding hydrogens is 244 g/mol. The highest BCUT2D eigenvalue weighted by Crippen LogP contribution is 2.28. The van der Waals surface area contributed by atoms with E-state index in [0.717, 1.165) is 19.4 Å². The summed E-state index contributed by atoms with van der Waals surface area (Å²) in [5.74, 6) is 0.226. The number of ether oxygens (including phenoxy) is 1. The van der Waals surface area contributed by atoms with E-state index in [1.165, 1.54) is 0 Å². The van der Waals surface area contributed by atoms with Crippen molar-refractivity contribution in [1.82, 2.24) is 9.80 Å². The molecule has 19 heavy (non-hydrogen) atoms. The molecule has 2 rings (SSSR count). The maximum Gasteiger partial charge on any atom is 0.246 e. The summed E-state index contributed by atoms with van der Waals surface area (Å²) in [7, 11) is 0. The van der Waals surface area contributed by atoms with E-state index < -0.39 is 0 Å². The number of nitrogens with zero attached hydrogens (tertiary/aromatic N) is 2. The number of amides is 2. The van der Waals surface area contributed by atoms with Gasteiger partial charge in [0.25, 0.3) is 0 Å². The van der Waals surface area contributed by atoms with E-state index >= 15 is 0 Å². The maximum atomic E-state index is 12.5. The summed E-state index contributed by atoms with van der Waals surface area (Å²) in [5, 5.41) is 0. The molecule has 0 spiro atoms. The van der Waals surface area contributed by atoms with Crippen LogP contribution in [-0.2, 0) is 14.3 Å². The number of hydrogen-bond acceptors (Lipinski definition) is 3. The third-order valence-corrected chi connectivity index (χ3v) is 4.06. The van der Waals surface area contributed by atoms with E-state index in [0.29, 0.717) is 19.6 Å². The summed E-state index contributed by atoms with van der Waals surface area (Å²) in [6.07, 6.45) is 2.39. The van der Waals surface area contributed by atoms with Gasteiger partial charge in [0.05, 0.1) is 6.10 Å². The smallest absolute Gasteiger partial charge is 0.246 e. The molecule has 2 amide bonds. The SMILES string of the molecule is CCOC(C)CN1C(=O)C2CCCN2C(=O)C1CC. The van der Waals surface area contributed by atoms with Crippen molar-refractivity contribution in [3.05, 3.63) is 0 Å². The summed E-state index contributed by atoms with van der Waals surface area (Å²) >= 11 is 0. The second-order valence-corrected chi connectivity index (χ2v) is 5.37. The molecule has 0 aliphatic carbocycles. The first-order valence-corrected chi connectivity index (χ1v) is 7.32. The highest BCUT2D eigenvalue weighted by Gasteiger charge is 2.47. The molecule has 0 N–H and O–H groups in total. The van der Waals surface area contributed by atoms with Crippen LogP contribution in [0.25, 0.3) is 0 Å². The van der Waals surface area contributed by atoms with E-state index in [2.05, 4.69) is 0 Å². The van der Waals surface area contributed by atoms with Gasteiger partial charge in [0, 0.05) is 19.7 Å². The molecule has 2 saturated heterocycles. The molecule has 2 heterocycles. The van der Waals surface area contributed by atoms with Crippen LogP contribution in [0.1, 0.15) is 40.0 Å². The summed E-state index contributed by atoms with van der Waals surface area (Å²) in [6.45, 7) is 7.74. The van der Waals surface area contributed by atoms with Crippen molar-refractivity contribution < 1.29 is 14.3 Å². The van der Waals surface area contributed by atoms with Gasteiger partial charge in [0.15, 0.2) is 0 Å². The van der Waals surface area contributed by atoms with Crippen molar-refractivity contribution in [3.63, 3.8) is 0 Å². The maximum absolute atomic E-state index is 12.5. The Morgan fingerprint density at radius 2 is 2.05 bits per heavy atom. The molecule has 5 heteroatoms. The van der Waals surface area contributed by atoms with Crippen molar-refractivity contribution >= 4 is 11.8 Å². The first-order valence-electron chi connectivity index (χ1n) is 7.32. The van der Waals surface area contributed by atoms with Crippen molar-refractivity contribution in [1.29, 1.82) is 0 Å². The minimum atomic E-state index is -0.301. The van der Waals surface area contributed by atoms with Crippen LogP contribution < -0.4 is 0 Å². The second kappa shape index (κ2) is 5.90. The average molecular weight is 268 g/mol. The lowest BCUT2D eigenvalue weighted by Gasteiger charge is -2.42. The Kier molecular flexibility index (Phi) is 4.45. The number of fused-ring (bicyclic) bond motifs is 1. The number of carbonyl (C=O) groups is 2. The van der Waals surface area contributed by atoms with Crippen molar-refractivity contribution in [2.75, 3.05) is 19.7 Å². The Hall–Kier alpha value is -1.10. The Balaban J connectivity index is 2.14. The lowest BCUT2D eigenvalue weighted by atomic mass is 10.0. The summed E-state index contributed by atoms with van der Waals surface area (Å²) in [6, 6.07) is -0.520. The average Bonchev–Trinajstić information content (AvgIpc) is 2.86. The van der Waals surface area contributed by atoms with Crippen molar-refractivity contribution in [2.24, 2.45) is 0 Å². The minimum absolute atomic E-state index is 0.0243. The molecule has 3 atom stereocenters. The molecule has 0 aromatic heterocycles. The lowest BCUT2D eigenvalue weighted by molar-refractivity contribution is -0.161. The van der Waals surface area contributed by atoms with Gasteiger partial charge in [0.2, 0.25) is 11.8 Å². The Labute approximate surface area is 114 Å². The van der Waals surface area contributed by atoms with Crippen LogP contribution in [0.4, 0.5) is 0 Å². The number of rotatable bonds is 5. The fourth-order valence-electron chi connectivity index (χ4n) is 3.18. The largest absolute Gasteiger partial charge is 0.377 e. The standard InChI is InChI=1S/C14H24N2O3/c1-4-11-13(17)15-8-6-7-12(15)14(18)16(11)9-10(3)19-5-2/h10-12H,4-9H2,1-3H3. The highest BCUT2D eigenvalue weighted by atomic mass is 16.5. The van der Waals surface area contributed by atoms with E-state index in [1.54, 1.807) is 9.80 Å². The van der Waals surface area contributed by atoms with Crippen LogP contribution in [-0.4, -0.2) is 59.5 Å². The normalized spacial score (nSPS) is 28.8. The Bertz CT molecular complexity index is 359. The quantitative estimate of drug-likeness (QED) is 0.748. The van der Waals surface area contributed by atoms with Gasteiger partial charge in [-0.15, -0.1) is 0 Å². The molecule has 0 radical (unpaired) electrons. The Morgan fingerprint density at radius 1 is 1.32 bits per heavy atom. The molecule has 2 fully saturated rings. The zero-order valence-electron chi connectivity index (χ0n) is 12.1. The zero-order chi connectivity index (χ0) is 14.0. The van der Waals surface area contributed by atoms with Crippen LogP contribution in [0.3, 0.4) is 0 Å². The first-order chi connectivity index (χ1) is 9.10. The van der Waals surface area contributed by atoms with Gasteiger partial charge < -0.3 is 14.5 Å². The second-order valence-electron chi connectivity index (χ2n) is 5.37. The first kappa shape index (κ1) is 14.3. The summed E-state index contributed by atoms with van der Waals surface area (Å²) in [5.41, 5.74) is 0. The van der Waals surface area contributed by atoms with Gasteiger partial charge in [-0.3, -0.25) is 9.59 Å². The molecule has 0 aromatic rings. The molecular formula is C14H24N2O3. The van der Waals surface area contributed by atoms with Gasteiger partial charge in [-0.1, -0.05) is 6.92 Å². The molecule has 0 saturated carbocycles. The van der Waals surface area contributed by atoms with Crippen LogP contribution in [0, 0.1) is 0 Å². The van der Waals surface area contributed by atoms with Gasteiger partial charge >= 0.3 is 0 Å². The van der Waals surface area contributed by atoms with Gasteiger partial charge in [-0.2, -0.15) is 0 Å². The number of piperazine rings is 1. The van der Waals surface area contributed by atoms with Crippen LogP contribution in [0.5, 0.6) is 0 Å². The highest BCUT2D eigenvalue weighted by molar-refractivity contribution is 5.97. The summed E-state index contributed by atoms with van der Waals surface area (Å²) < 4.78 is 5.51. The lowest BCUT2D eigenvalue weighted by Crippen LogP contribution is -2.63. The van der Waals surface area contributed by atoms with Crippen LogP contribution in [0.15, 0.2) is 0 Å². The number of hydrogen-bond donors (Lipinski definition) is 0. The van der Waals surface area contributed by atoms with Gasteiger partial charge in [-0.25, -0.2) is 0 Å². The molecule has 3 unspecified atom stereocenters. The third kappa shape index (κ3) is 2.61. The third-order valence-electron chi connectivity index (χ3n) is 4.06. The predicted molar refractivity (Wildman–Crippen MR) is 71.6 cm³/mol. The fourth-order valence-corrected chi connectivity index (χ4v) is 3.18. The molecule has 2 aliphatic rings. The predicted octanol–water partition coefficient (Wildman–Crippen LogP) is 1.02. The monoisotopic (exact) mass is 268 g/mol. The molecule has 0 aromatic carbocycles. The van der Waals surface area contributed by atoms with E-state index in [9.17, 15) is 9.59 Å². The van der Waals surface area contributed by atoms with E-state index in [4.69, 9.17) is 4.74 Å². The minimum Gasteiger partial charge on any atom is -0.377 e. The Morgan fingerprint density at radius 3 is 2.68 bits per heavy atom. The molecule has 108 valence electrons. The van der Waals surface area contributed by atoms with Crippen molar-refractivity contribution in [2.45, 2.75) is 58.2 Å². The molecule has 2 aliphatic heterocycles. The van der Waals surface area contributed by atoms with Crippen molar-refractivity contribution in [3.8, 4) is 0 Å². The van der Waals surface area contributed by atoms with E-state index in [-0.39, 0.29) is 30.0 Å². The van der Waals surface area contributed by atoms with Gasteiger partial charge in [0.1, 0.15) is 12.1 Å². The molecule has 0 bridgehead atoms. The van der Waals surface area contributed by atoms with Gasteiger partial charge in [-0.05, 0) is 33.1 Å². The zero-order valence-corrected chi connectivity index (χ0v) is 12.1.